The number of benzene rings is 2. The quantitative estimate of drug-likeness (QED) is 0.517. The number of para-hydroxylation sites is 2. The Labute approximate surface area is 175 Å². The average Bonchev–Trinajstić information content (AvgIpc) is 2.73. The number of esters is 1. The monoisotopic (exact) mass is 436 g/mol. The van der Waals surface area contributed by atoms with Crippen LogP contribution in [0.15, 0.2) is 53.4 Å². The smallest absolute Gasteiger partial charge is 0.307 e. The van der Waals surface area contributed by atoms with Crippen LogP contribution in [-0.2, 0) is 24.3 Å². The molecule has 0 bridgehead atoms. The zero-order valence-electron chi connectivity index (χ0n) is 16.7. The molecule has 0 fully saturated rings. The van der Waals surface area contributed by atoms with Crippen LogP contribution in [0.2, 0.25) is 0 Å². The number of rotatable bonds is 11. The van der Waals surface area contributed by atoms with Gasteiger partial charge in [-0.15, -0.1) is 0 Å². The molecule has 0 aliphatic heterocycles. The Morgan fingerprint density at radius 2 is 1.73 bits per heavy atom. The SMILES string of the molecule is CCOc1ccc(S(=O)(=O)NCCC(=O)OCC(=O)Nc2ccccc2OC)cc1. The number of hydrogen-bond acceptors (Lipinski definition) is 7. The fourth-order valence-corrected chi connectivity index (χ4v) is 3.44. The lowest BCUT2D eigenvalue weighted by molar-refractivity contribution is -0.147. The lowest BCUT2D eigenvalue weighted by atomic mass is 10.3. The third-order valence-corrected chi connectivity index (χ3v) is 5.29. The lowest BCUT2D eigenvalue weighted by Crippen LogP contribution is -2.28. The van der Waals surface area contributed by atoms with E-state index in [2.05, 4.69) is 10.0 Å². The minimum atomic E-state index is -3.77. The fraction of sp³-hybridized carbons (Fsp3) is 0.300. The molecular formula is C20H24N2O7S. The van der Waals surface area contributed by atoms with Gasteiger partial charge in [0, 0.05) is 6.54 Å². The summed E-state index contributed by atoms with van der Waals surface area (Å²) in [4.78, 5) is 23.7. The molecule has 2 aromatic rings. The maximum absolute atomic E-state index is 12.2. The van der Waals surface area contributed by atoms with Gasteiger partial charge < -0.3 is 19.5 Å². The van der Waals surface area contributed by atoms with Crippen LogP contribution in [0, 0.1) is 0 Å². The minimum absolute atomic E-state index is 0.0514. The second-order valence-electron chi connectivity index (χ2n) is 5.96. The number of hydrogen-bond donors (Lipinski definition) is 2. The Morgan fingerprint density at radius 1 is 1.03 bits per heavy atom. The van der Waals surface area contributed by atoms with Crippen molar-refractivity contribution in [1.82, 2.24) is 4.72 Å². The molecule has 2 rings (SSSR count). The van der Waals surface area contributed by atoms with Gasteiger partial charge >= 0.3 is 5.97 Å². The number of sulfonamides is 1. The summed E-state index contributed by atoms with van der Waals surface area (Å²) in [7, 11) is -2.30. The first-order valence-electron chi connectivity index (χ1n) is 9.16. The van der Waals surface area contributed by atoms with E-state index in [4.69, 9.17) is 14.2 Å². The van der Waals surface area contributed by atoms with Crippen molar-refractivity contribution >= 4 is 27.6 Å². The number of ether oxygens (including phenoxy) is 3. The molecule has 0 aromatic heterocycles. The summed E-state index contributed by atoms with van der Waals surface area (Å²) < 4.78 is 42.0. The van der Waals surface area contributed by atoms with E-state index in [0.717, 1.165) is 0 Å². The summed E-state index contributed by atoms with van der Waals surface area (Å²) in [5.74, 6) is -0.213. The number of carbonyl (C=O) groups is 2. The van der Waals surface area contributed by atoms with Crippen LogP contribution >= 0.6 is 0 Å². The topological polar surface area (TPSA) is 120 Å². The molecule has 2 aromatic carbocycles. The van der Waals surface area contributed by atoms with Crippen LogP contribution in [0.25, 0.3) is 0 Å². The van der Waals surface area contributed by atoms with Crippen molar-refractivity contribution in [2.24, 2.45) is 0 Å². The molecule has 2 N–H and O–H groups in total. The summed E-state index contributed by atoms with van der Waals surface area (Å²) >= 11 is 0. The fourth-order valence-electron chi connectivity index (χ4n) is 2.40. The lowest BCUT2D eigenvalue weighted by Gasteiger charge is -2.10. The predicted molar refractivity (Wildman–Crippen MR) is 110 cm³/mol. The van der Waals surface area contributed by atoms with Crippen LogP contribution in [0.5, 0.6) is 11.5 Å². The van der Waals surface area contributed by atoms with Gasteiger partial charge in [0.15, 0.2) is 6.61 Å². The number of nitrogens with one attached hydrogen (secondary N) is 2. The van der Waals surface area contributed by atoms with E-state index in [1.54, 1.807) is 36.4 Å². The number of methoxy groups -OCH3 is 1. The van der Waals surface area contributed by atoms with E-state index in [1.165, 1.54) is 19.2 Å². The van der Waals surface area contributed by atoms with Gasteiger partial charge in [0.25, 0.3) is 5.91 Å². The maximum atomic E-state index is 12.2. The average molecular weight is 436 g/mol. The first-order valence-corrected chi connectivity index (χ1v) is 10.6. The second kappa shape index (κ2) is 11.2. The van der Waals surface area contributed by atoms with Crippen LogP contribution in [-0.4, -0.2) is 47.2 Å². The highest BCUT2D eigenvalue weighted by Crippen LogP contribution is 2.22. The van der Waals surface area contributed by atoms with Gasteiger partial charge in [-0.3, -0.25) is 9.59 Å². The molecule has 0 saturated heterocycles. The highest BCUT2D eigenvalue weighted by atomic mass is 32.2. The molecule has 162 valence electrons. The zero-order chi connectivity index (χ0) is 22.0. The van der Waals surface area contributed by atoms with E-state index in [1.807, 2.05) is 6.92 Å². The first kappa shape index (κ1) is 23.2. The van der Waals surface area contributed by atoms with Crippen molar-refractivity contribution in [3.8, 4) is 11.5 Å². The molecule has 0 aliphatic rings. The van der Waals surface area contributed by atoms with Crippen molar-refractivity contribution in [2.75, 3.05) is 32.2 Å². The van der Waals surface area contributed by atoms with Crippen LogP contribution in [0.4, 0.5) is 5.69 Å². The summed E-state index contributed by atoms with van der Waals surface area (Å²) in [5, 5.41) is 2.57. The second-order valence-corrected chi connectivity index (χ2v) is 7.73. The Hall–Kier alpha value is -3.11. The third-order valence-electron chi connectivity index (χ3n) is 3.81. The number of anilines is 1. The van der Waals surface area contributed by atoms with Crippen molar-refractivity contribution in [3.63, 3.8) is 0 Å². The normalized spacial score (nSPS) is 10.9. The van der Waals surface area contributed by atoms with Crippen molar-refractivity contribution < 1.29 is 32.2 Å². The van der Waals surface area contributed by atoms with Gasteiger partial charge in [-0.25, -0.2) is 13.1 Å². The molecule has 0 atom stereocenters. The van der Waals surface area contributed by atoms with Gasteiger partial charge in [0.05, 0.1) is 30.7 Å². The zero-order valence-corrected chi connectivity index (χ0v) is 17.5. The first-order chi connectivity index (χ1) is 14.4. The third kappa shape index (κ3) is 7.05. The number of carbonyl (C=O) groups excluding carboxylic acids is 2. The van der Waals surface area contributed by atoms with E-state index in [-0.39, 0.29) is 17.9 Å². The highest BCUT2D eigenvalue weighted by Gasteiger charge is 2.15. The van der Waals surface area contributed by atoms with E-state index in [0.29, 0.717) is 23.8 Å². The Bertz CT molecular complexity index is 959. The Balaban J connectivity index is 1.75. The predicted octanol–water partition coefficient (Wildman–Crippen LogP) is 1.94. The molecule has 30 heavy (non-hydrogen) atoms. The van der Waals surface area contributed by atoms with Crippen LogP contribution < -0.4 is 19.5 Å². The van der Waals surface area contributed by atoms with Gasteiger partial charge in [-0.2, -0.15) is 0 Å². The summed E-state index contributed by atoms with van der Waals surface area (Å²) in [5.41, 5.74) is 0.448. The Morgan fingerprint density at radius 3 is 2.40 bits per heavy atom. The molecule has 0 spiro atoms. The molecule has 9 nitrogen and oxygen atoms in total. The van der Waals surface area contributed by atoms with E-state index >= 15 is 0 Å². The van der Waals surface area contributed by atoms with Gasteiger partial charge in [0.1, 0.15) is 11.5 Å². The summed E-state index contributed by atoms with van der Waals surface area (Å²) in [6.45, 7) is 1.64. The molecule has 0 aliphatic carbocycles. The highest BCUT2D eigenvalue weighted by molar-refractivity contribution is 7.89. The minimum Gasteiger partial charge on any atom is -0.495 e. The molecule has 0 radical (unpaired) electrons. The van der Waals surface area contributed by atoms with Crippen molar-refractivity contribution in [2.45, 2.75) is 18.2 Å². The molecule has 1 amide bonds. The Kier molecular flexibility index (Phi) is 8.63. The maximum Gasteiger partial charge on any atom is 0.307 e. The standard InChI is InChI=1S/C20H24N2O7S/c1-3-28-15-8-10-16(11-9-15)30(25,26)21-13-12-20(24)29-14-19(23)22-17-6-4-5-7-18(17)27-2/h4-11,21H,3,12-14H2,1-2H3,(H,22,23). The van der Waals surface area contributed by atoms with E-state index in [9.17, 15) is 18.0 Å². The van der Waals surface area contributed by atoms with Crippen LogP contribution in [0.3, 0.4) is 0 Å². The van der Waals surface area contributed by atoms with Gasteiger partial charge in [-0.1, -0.05) is 12.1 Å². The largest absolute Gasteiger partial charge is 0.495 e. The number of amides is 1. The van der Waals surface area contributed by atoms with Crippen LogP contribution in [0.1, 0.15) is 13.3 Å². The summed E-state index contributed by atoms with van der Waals surface area (Å²) in [6, 6.07) is 12.7. The molecular weight excluding hydrogens is 412 g/mol. The van der Waals surface area contributed by atoms with Crippen molar-refractivity contribution in [1.29, 1.82) is 0 Å². The molecule has 0 heterocycles. The summed E-state index contributed by atoms with van der Waals surface area (Å²) in [6.07, 6.45) is -0.224. The van der Waals surface area contributed by atoms with E-state index < -0.39 is 28.5 Å². The molecule has 10 heteroatoms. The molecule has 0 unspecified atom stereocenters. The van der Waals surface area contributed by atoms with Gasteiger partial charge in [-0.05, 0) is 43.3 Å². The van der Waals surface area contributed by atoms with Crippen molar-refractivity contribution in [3.05, 3.63) is 48.5 Å². The van der Waals surface area contributed by atoms with Gasteiger partial charge in [0.2, 0.25) is 10.0 Å². The molecule has 0 saturated carbocycles.